The van der Waals surface area contributed by atoms with Gasteiger partial charge in [-0.2, -0.15) is 0 Å². The Balaban J connectivity index is 1.20. The zero-order chi connectivity index (χ0) is 43.1. The first-order valence-corrected chi connectivity index (χ1v) is 22.4. The van der Waals surface area contributed by atoms with Gasteiger partial charge in [0.1, 0.15) is 0 Å². The van der Waals surface area contributed by atoms with E-state index in [1.165, 1.54) is 98.7 Å². The molecule has 0 heterocycles. The second-order valence-electron chi connectivity index (χ2n) is 16.8. The molecule has 1 heteroatoms. The lowest BCUT2D eigenvalue weighted by molar-refractivity contribution is 1.28. The topological polar surface area (TPSA) is 3.24 Å². The van der Waals surface area contributed by atoms with Crippen LogP contribution in [-0.4, -0.2) is 0 Å². The lowest BCUT2D eigenvalue weighted by Gasteiger charge is -2.26. The van der Waals surface area contributed by atoms with Gasteiger partial charge >= 0.3 is 0 Å². The van der Waals surface area contributed by atoms with E-state index in [-0.39, 0.29) is 0 Å². The van der Waals surface area contributed by atoms with Gasteiger partial charge in [-0.25, -0.2) is 0 Å². The lowest BCUT2D eigenvalue weighted by Crippen LogP contribution is -2.09. The van der Waals surface area contributed by atoms with Crippen molar-refractivity contribution in [3.8, 4) is 55.6 Å². The van der Waals surface area contributed by atoms with E-state index < -0.39 is 0 Å². The smallest absolute Gasteiger partial charge is 0.0462 e. The van der Waals surface area contributed by atoms with Crippen molar-refractivity contribution < 1.29 is 0 Å². The summed E-state index contributed by atoms with van der Waals surface area (Å²) in [6.45, 7) is 0. The van der Waals surface area contributed by atoms with Crippen LogP contribution in [-0.2, 0) is 0 Å². The number of rotatable bonds is 8. The molecule has 0 aliphatic heterocycles. The highest BCUT2D eigenvalue weighted by Gasteiger charge is 2.23. The minimum Gasteiger partial charge on any atom is -0.311 e. The van der Waals surface area contributed by atoms with Crippen molar-refractivity contribution in [1.82, 2.24) is 0 Å². The van der Waals surface area contributed by atoms with Crippen LogP contribution in [0.1, 0.15) is 0 Å². The zero-order valence-electron chi connectivity index (χ0n) is 35.8. The van der Waals surface area contributed by atoms with Crippen LogP contribution in [0.2, 0.25) is 0 Å². The van der Waals surface area contributed by atoms with Crippen LogP contribution < -0.4 is 4.90 Å². The summed E-state index contributed by atoms with van der Waals surface area (Å²) in [5, 5.41) is 9.93. The number of fused-ring (bicyclic) bond motifs is 7. The van der Waals surface area contributed by atoms with Gasteiger partial charge < -0.3 is 4.90 Å². The molecular formula is C64H43N. The summed E-state index contributed by atoms with van der Waals surface area (Å²) >= 11 is 0. The summed E-state index contributed by atoms with van der Waals surface area (Å²) in [4.78, 5) is 2.33. The summed E-state index contributed by atoms with van der Waals surface area (Å²) < 4.78 is 0. The van der Waals surface area contributed by atoms with Crippen LogP contribution in [0, 0.1) is 0 Å². The van der Waals surface area contributed by atoms with Crippen LogP contribution in [0.25, 0.3) is 98.7 Å². The van der Waals surface area contributed by atoms with Gasteiger partial charge in [-0.3, -0.25) is 0 Å². The molecule has 0 N–H and O–H groups in total. The minimum absolute atomic E-state index is 1.10. The molecule has 0 unspecified atom stereocenters. The summed E-state index contributed by atoms with van der Waals surface area (Å²) in [6, 6.07) is 95.4. The zero-order valence-corrected chi connectivity index (χ0v) is 35.8. The third kappa shape index (κ3) is 6.92. The van der Waals surface area contributed by atoms with E-state index in [4.69, 9.17) is 0 Å². The van der Waals surface area contributed by atoms with Gasteiger partial charge in [0.2, 0.25) is 0 Å². The molecule has 0 aromatic heterocycles. The maximum atomic E-state index is 2.45. The molecule has 0 fully saturated rings. The number of nitrogens with zero attached hydrogens (tertiary/aromatic N) is 1. The number of benzene rings is 12. The molecule has 304 valence electrons. The van der Waals surface area contributed by atoms with Gasteiger partial charge in [0, 0.05) is 17.1 Å². The van der Waals surface area contributed by atoms with Crippen LogP contribution in [0.5, 0.6) is 0 Å². The largest absolute Gasteiger partial charge is 0.311 e. The quantitative estimate of drug-likeness (QED) is 0.138. The molecule has 65 heavy (non-hydrogen) atoms. The average molecular weight is 826 g/mol. The molecular weight excluding hydrogens is 783 g/mol. The maximum absolute atomic E-state index is 2.45. The third-order valence-electron chi connectivity index (χ3n) is 13.0. The van der Waals surface area contributed by atoms with Gasteiger partial charge in [0.05, 0.1) is 0 Å². The van der Waals surface area contributed by atoms with E-state index in [1.807, 2.05) is 0 Å². The van der Waals surface area contributed by atoms with E-state index in [2.05, 4.69) is 266 Å². The molecule has 0 saturated heterocycles. The Bertz CT molecular complexity index is 3620. The summed E-state index contributed by atoms with van der Waals surface area (Å²) in [5.74, 6) is 0. The second kappa shape index (κ2) is 16.3. The van der Waals surface area contributed by atoms with Crippen molar-refractivity contribution in [3.63, 3.8) is 0 Å². The Morgan fingerprint density at radius 1 is 0.215 bits per heavy atom. The molecule has 0 radical (unpaired) electrons. The van der Waals surface area contributed by atoms with Gasteiger partial charge in [-0.05, 0) is 159 Å². The van der Waals surface area contributed by atoms with Crippen LogP contribution in [0.15, 0.2) is 261 Å². The number of anilines is 3. The third-order valence-corrected chi connectivity index (χ3v) is 13.0. The average Bonchev–Trinajstić information content (AvgIpc) is 3.39. The highest BCUT2D eigenvalue weighted by Crippen LogP contribution is 2.50. The minimum atomic E-state index is 1.10. The molecule has 0 aliphatic rings. The van der Waals surface area contributed by atoms with Crippen LogP contribution in [0.3, 0.4) is 0 Å². The Labute approximate surface area is 379 Å². The normalized spacial score (nSPS) is 11.4. The van der Waals surface area contributed by atoms with Crippen molar-refractivity contribution in [1.29, 1.82) is 0 Å². The Morgan fingerprint density at radius 2 is 0.631 bits per heavy atom. The van der Waals surface area contributed by atoms with E-state index in [0.29, 0.717) is 0 Å². The molecule has 0 spiro atoms. The highest BCUT2D eigenvalue weighted by molar-refractivity contribution is 6.33. The highest BCUT2D eigenvalue weighted by atomic mass is 15.1. The first kappa shape index (κ1) is 38.2. The fraction of sp³-hybridized carbons (Fsp3) is 0. The molecule has 12 aromatic carbocycles. The van der Waals surface area contributed by atoms with Gasteiger partial charge in [-0.1, -0.05) is 200 Å². The van der Waals surface area contributed by atoms with E-state index in [1.54, 1.807) is 0 Å². The van der Waals surface area contributed by atoms with E-state index >= 15 is 0 Å². The summed E-state index contributed by atoms with van der Waals surface area (Å²) in [6.07, 6.45) is 0. The van der Waals surface area contributed by atoms with Crippen LogP contribution in [0.4, 0.5) is 17.1 Å². The second-order valence-corrected chi connectivity index (χ2v) is 16.8. The molecule has 0 saturated carbocycles. The molecule has 12 aromatic rings. The number of para-hydroxylation sites is 2. The fourth-order valence-corrected chi connectivity index (χ4v) is 9.93. The standard InChI is InChI=1S/C64H43N/c1-6-18-44(19-7-1)51-34-38-56-60(41-51)61-42-52(50-31-30-45-20-16-17-25-49(45)40-50)35-39-57(61)64-62(58(46-21-8-2-9-22-46)43-59(63(56)64)47-23-10-3-11-24-47)48-32-36-55(37-33-48)65(53-26-12-4-13-27-53)54-28-14-5-15-29-54/h1-43H. The summed E-state index contributed by atoms with van der Waals surface area (Å²) in [5.41, 5.74) is 15.3. The van der Waals surface area contributed by atoms with Crippen LogP contribution >= 0.6 is 0 Å². The van der Waals surface area contributed by atoms with Gasteiger partial charge in [-0.15, -0.1) is 0 Å². The van der Waals surface area contributed by atoms with Gasteiger partial charge in [0.25, 0.3) is 0 Å². The Hall–Kier alpha value is -8.52. The molecule has 12 rings (SSSR count). The monoisotopic (exact) mass is 825 g/mol. The predicted molar refractivity (Wildman–Crippen MR) is 278 cm³/mol. The van der Waals surface area contributed by atoms with E-state index in [0.717, 1.165) is 17.1 Å². The van der Waals surface area contributed by atoms with Crippen molar-refractivity contribution >= 4 is 60.2 Å². The molecule has 1 nitrogen and oxygen atoms in total. The van der Waals surface area contributed by atoms with Crippen molar-refractivity contribution in [2.45, 2.75) is 0 Å². The molecule has 0 aliphatic carbocycles. The predicted octanol–water partition coefficient (Wildman–Crippen LogP) is 18.1. The Morgan fingerprint density at radius 3 is 1.22 bits per heavy atom. The Kier molecular flexibility index (Phi) is 9.58. The summed E-state index contributed by atoms with van der Waals surface area (Å²) in [7, 11) is 0. The fourth-order valence-electron chi connectivity index (χ4n) is 9.93. The molecule has 0 bridgehead atoms. The van der Waals surface area contributed by atoms with Crippen molar-refractivity contribution in [2.75, 3.05) is 4.90 Å². The lowest BCUT2D eigenvalue weighted by atomic mass is 9.80. The van der Waals surface area contributed by atoms with Crippen molar-refractivity contribution in [3.05, 3.63) is 261 Å². The molecule has 0 amide bonds. The first-order valence-electron chi connectivity index (χ1n) is 22.4. The van der Waals surface area contributed by atoms with Crippen molar-refractivity contribution in [2.24, 2.45) is 0 Å². The maximum Gasteiger partial charge on any atom is 0.0462 e. The first-order chi connectivity index (χ1) is 32.2. The SMILES string of the molecule is c1ccc(-c2ccc3c(c2)c2cc(-c4ccc5ccccc5c4)ccc2c2c(-c4ccc(N(c5ccccc5)c5ccccc5)cc4)c(-c4ccccc4)cc(-c4ccccc4)c32)cc1. The number of hydrogen-bond acceptors (Lipinski definition) is 1. The van der Waals surface area contributed by atoms with E-state index in [9.17, 15) is 0 Å². The molecule has 0 atom stereocenters. The van der Waals surface area contributed by atoms with Gasteiger partial charge in [0.15, 0.2) is 0 Å². The number of hydrogen-bond donors (Lipinski definition) is 0.